The molecule has 0 aliphatic carbocycles. The third-order valence-corrected chi connectivity index (χ3v) is 4.47. The van der Waals surface area contributed by atoms with E-state index in [1.807, 2.05) is 6.07 Å². The molecule has 2 heterocycles. The minimum absolute atomic E-state index is 0.0905. The maximum Gasteiger partial charge on any atom is 0.265 e. The molecule has 27 heavy (non-hydrogen) atoms. The molecule has 1 aromatic carbocycles. The fourth-order valence-electron chi connectivity index (χ4n) is 2.26. The third-order valence-electron chi connectivity index (χ3n) is 3.54. The molecule has 0 fully saturated rings. The average molecular weight is 382 g/mol. The summed E-state index contributed by atoms with van der Waals surface area (Å²) >= 11 is 1.23. The Balaban J connectivity index is 1.49. The summed E-state index contributed by atoms with van der Waals surface area (Å²) in [6, 6.07) is 12.3. The van der Waals surface area contributed by atoms with Crippen molar-refractivity contribution in [3.05, 3.63) is 70.7 Å². The molecule has 0 bridgehead atoms. The standard InChI is InChI=1S/C19H18N4O3S/c20-15-5-1-2-6-16(15)23-19(25)17-8-14(12-27-17)22-18(24)11-26-10-13-4-3-7-21-9-13/h1-9,12H,10-11,20H2,(H,22,24)(H,23,25). The first-order chi connectivity index (χ1) is 13.1. The molecule has 3 aromatic rings. The molecule has 0 saturated carbocycles. The first kappa shape index (κ1) is 18.6. The number of para-hydroxylation sites is 2. The van der Waals surface area contributed by atoms with Crippen molar-refractivity contribution in [2.24, 2.45) is 0 Å². The van der Waals surface area contributed by atoms with Crippen LogP contribution in [-0.4, -0.2) is 23.4 Å². The SMILES string of the molecule is Nc1ccccc1NC(=O)c1cc(NC(=O)COCc2cccnc2)cs1. The molecular weight excluding hydrogens is 364 g/mol. The largest absolute Gasteiger partial charge is 0.397 e. The number of pyridine rings is 1. The van der Waals surface area contributed by atoms with Crippen LogP contribution in [0.1, 0.15) is 15.2 Å². The Kier molecular flexibility index (Phi) is 6.14. The number of carbonyl (C=O) groups is 2. The second kappa shape index (κ2) is 8.93. The Morgan fingerprint density at radius 1 is 1.15 bits per heavy atom. The van der Waals surface area contributed by atoms with Crippen LogP contribution in [0.25, 0.3) is 0 Å². The van der Waals surface area contributed by atoms with Gasteiger partial charge in [-0.15, -0.1) is 11.3 Å². The van der Waals surface area contributed by atoms with E-state index in [0.717, 1.165) is 5.56 Å². The lowest BCUT2D eigenvalue weighted by atomic mass is 10.2. The number of ether oxygens (including phenoxy) is 1. The van der Waals surface area contributed by atoms with Gasteiger partial charge in [-0.2, -0.15) is 0 Å². The molecule has 138 valence electrons. The average Bonchev–Trinajstić information content (AvgIpc) is 3.13. The molecule has 3 rings (SSSR count). The Morgan fingerprint density at radius 2 is 2.00 bits per heavy atom. The molecule has 0 aliphatic heterocycles. The van der Waals surface area contributed by atoms with Crippen molar-refractivity contribution in [3.63, 3.8) is 0 Å². The molecule has 0 atom stereocenters. The number of anilines is 3. The zero-order chi connectivity index (χ0) is 19.1. The van der Waals surface area contributed by atoms with E-state index in [1.165, 1.54) is 11.3 Å². The fraction of sp³-hybridized carbons (Fsp3) is 0.105. The van der Waals surface area contributed by atoms with Crippen LogP contribution in [-0.2, 0) is 16.1 Å². The Labute approximate surface area is 160 Å². The van der Waals surface area contributed by atoms with Crippen LogP contribution < -0.4 is 16.4 Å². The lowest BCUT2D eigenvalue weighted by Crippen LogP contribution is -2.18. The van der Waals surface area contributed by atoms with E-state index in [4.69, 9.17) is 10.5 Å². The Morgan fingerprint density at radius 3 is 2.78 bits per heavy atom. The zero-order valence-electron chi connectivity index (χ0n) is 14.3. The van der Waals surface area contributed by atoms with Gasteiger partial charge in [0.25, 0.3) is 5.91 Å². The maximum atomic E-state index is 12.3. The third kappa shape index (κ3) is 5.37. The number of nitrogens with two attached hydrogens (primary N) is 1. The lowest BCUT2D eigenvalue weighted by Gasteiger charge is -2.06. The summed E-state index contributed by atoms with van der Waals surface area (Å²) in [5.74, 6) is -0.581. The van der Waals surface area contributed by atoms with E-state index in [1.54, 1.807) is 54.2 Å². The minimum atomic E-state index is -0.295. The summed E-state index contributed by atoms with van der Waals surface area (Å²) in [5.41, 5.74) is 8.29. The second-order valence-corrected chi connectivity index (χ2v) is 6.55. The molecular formula is C19H18N4O3S. The number of carbonyl (C=O) groups excluding carboxylic acids is 2. The normalized spacial score (nSPS) is 10.4. The van der Waals surface area contributed by atoms with Crippen molar-refractivity contribution in [2.75, 3.05) is 23.0 Å². The van der Waals surface area contributed by atoms with Gasteiger partial charge >= 0.3 is 0 Å². The first-order valence-corrected chi connectivity index (χ1v) is 9.00. The Bertz CT molecular complexity index is 927. The van der Waals surface area contributed by atoms with E-state index in [0.29, 0.717) is 28.5 Å². The van der Waals surface area contributed by atoms with Gasteiger partial charge in [-0.3, -0.25) is 14.6 Å². The van der Waals surface area contributed by atoms with Crippen LogP contribution in [0.15, 0.2) is 60.2 Å². The molecule has 4 N–H and O–H groups in total. The van der Waals surface area contributed by atoms with Crippen molar-refractivity contribution in [1.82, 2.24) is 4.98 Å². The minimum Gasteiger partial charge on any atom is -0.397 e. The molecule has 8 heteroatoms. The van der Waals surface area contributed by atoms with Gasteiger partial charge in [0.15, 0.2) is 0 Å². The van der Waals surface area contributed by atoms with Crippen LogP contribution in [0.4, 0.5) is 17.1 Å². The lowest BCUT2D eigenvalue weighted by molar-refractivity contribution is -0.121. The van der Waals surface area contributed by atoms with E-state index in [2.05, 4.69) is 15.6 Å². The molecule has 0 radical (unpaired) electrons. The highest BCUT2D eigenvalue weighted by Crippen LogP contribution is 2.23. The smallest absolute Gasteiger partial charge is 0.265 e. The van der Waals surface area contributed by atoms with Gasteiger partial charge in [-0.1, -0.05) is 18.2 Å². The maximum absolute atomic E-state index is 12.3. The number of amides is 2. The predicted octanol–water partition coefficient (Wildman–Crippen LogP) is 3.13. The molecule has 0 aliphatic rings. The van der Waals surface area contributed by atoms with Crippen LogP contribution >= 0.6 is 11.3 Å². The van der Waals surface area contributed by atoms with E-state index in [-0.39, 0.29) is 18.4 Å². The number of benzene rings is 1. The second-order valence-electron chi connectivity index (χ2n) is 5.64. The molecule has 7 nitrogen and oxygen atoms in total. The van der Waals surface area contributed by atoms with Crippen LogP contribution in [0.2, 0.25) is 0 Å². The van der Waals surface area contributed by atoms with E-state index >= 15 is 0 Å². The Hall–Kier alpha value is -3.23. The number of thiophene rings is 1. The van der Waals surface area contributed by atoms with Crippen molar-refractivity contribution >= 4 is 40.2 Å². The highest BCUT2D eigenvalue weighted by molar-refractivity contribution is 7.12. The van der Waals surface area contributed by atoms with Crippen LogP contribution in [0, 0.1) is 0 Å². The molecule has 2 aromatic heterocycles. The number of rotatable bonds is 7. The highest BCUT2D eigenvalue weighted by Gasteiger charge is 2.12. The van der Waals surface area contributed by atoms with Gasteiger partial charge in [-0.05, 0) is 29.8 Å². The summed E-state index contributed by atoms with van der Waals surface area (Å²) in [7, 11) is 0. The molecule has 2 amide bonds. The van der Waals surface area contributed by atoms with E-state index < -0.39 is 0 Å². The summed E-state index contributed by atoms with van der Waals surface area (Å²) in [6.07, 6.45) is 3.35. The van der Waals surface area contributed by atoms with Gasteiger partial charge in [0.1, 0.15) is 6.61 Å². The molecule has 0 spiro atoms. The number of hydrogen-bond acceptors (Lipinski definition) is 6. The van der Waals surface area contributed by atoms with Gasteiger partial charge in [0, 0.05) is 17.8 Å². The van der Waals surface area contributed by atoms with Crippen molar-refractivity contribution in [2.45, 2.75) is 6.61 Å². The van der Waals surface area contributed by atoms with Gasteiger partial charge < -0.3 is 21.1 Å². The monoisotopic (exact) mass is 382 g/mol. The molecule has 0 saturated heterocycles. The van der Waals surface area contributed by atoms with Gasteiger partial charge in [0.05, 0.1) is 28.5 Å². The number of aromatic nitrogens is 1. The van der Waals surface area contributed by atoms with Crippen molar-refractivity contribution in [3.8, 4) is 0 Å². The number of nitrogen functional groups attached to an aromatic ring is 1. The number of nitrogens with zero attached hydrogens (tertiary/aromatic N) is 1. The van der Waals surface area contributed by atoms with Crippen LogP contribution in [0.5, 0.6) is 0 Å². The van der Waals surface area contributed by atoms with Gasteiger partial charge in [0.2, 0.25) is 5.91 Å². The highest BCUT2D eigenvalue weighted by atomic mass is 32.1. The van der Waals surface area contributed by atoms with Crippen molar-refractivity contribution < 1.29 is 14.3 Å². The van der Waals surface area contributed by atoms with Crippen LogP contribution in [0.3, 0.4) is 0 Å². The topological polar surface area (TPSA) is 106 Å². The number of hydrogen-bond donors (Lipinski definition) is 3. The molecule has 0 unspecified atom stereocenters. The summed E-state index contributed by atoms with van der Waals surface area (Å²) in [4.78, 5) is 28.7. The fourth-order valence-corrected chi connectivity index (χ4v) is 2.99. The summed E-state index contributed by atoms with van der Waals surface area (Å²) < 4.78 is 5.36. The number of nitrogens with one attached hydrogen (secondary N) is 2. The van der Waals surface area contributed by atoms with Crippen molar-refractivity contribution in [1.29, 1.82) is 0 Å². The predicted molar refractivity (Wildman–Crippen MR) is 106 cm³/mol. The van der Waals surface area contributed by atoms with Gasteiger partial charge in [-0.25, -0.2) is 0 Å². The first-order valence-electron chi connectivity index (χ1n) is 8.12. The quantitative estimate of drug-likeness (QED) is 0.544. The van der Waals surface area contributed by atoms with E-state index in [9.17, 15) is 9.59 Å². The summed E-state index contributed by atoms with van der Waals surface area (Å²) in [5, 5.41) is 7.15. The zero-order valence-corrected chi connectivity index (χ0v) is 15.2. The summed E-state index contributed by atoms with van der Waals surface area (Å²) in [6.45, 7) is 0.212.